The Kier molecular flexibility index (Phi) is 4.62. The summed E-state index contributed by atoms with van der Waals surface area (Å²) in [5.41, 5.74) is 1.05. The molecule has 144 valence electrons. The maximum Gasteiger partial charge on any atom is 0.416 e. The highest BCUT2D eigenvalue weighted by atomic mass is 19.4. The summed E-state index contributed by atoms with van der Waals surface area (Å²) in [4.78, 5) is 13.2. The molecule has 28 heavy (non-hydrogen) atoms. The van der Waals surface area contributed by atoms with Gasteiger partial charge in [0.2, 0.25) is 5.95 Å². The molecule has 1 aromatic carbocycles. The Morgan fingerprint density at radius 1 is 1.00 bits per heavy atom. The van der Waals surface area contributed by atoms with Crippen molar-refractivity contribution < 1.29 is 13.2 Å². The highest BCUT2D eigenvalue weighted by Gasteiger charge is 2.32. The molecule has 0 saturated heterocycles. The number of alkyl halides is 3. The second-order valence-corrected chi connectivity index (χ2v) is 6.75. The highest BCUT2D eigenvalue weighted by Crippen LogP contribution is 2.34. The lowest BCUT2D eigenvalue weighted by Crippen LogP contribution is -2.09. The molecule has 0 spiro atoms. The third-order valence-electron chi connectivity index (χ3n) is 4.38. The number of nitrogens with one attached hydrogen (secondary N) is 2. The summed E-state index contributed by atoms with van der Waals surface area (Å²) >= 11 is 0. The molecule has 3 aromatic rings. The second-order valence-electron chi connectivity index (χ2n) is 6.75. The largest absolute Gasteiger partial charge is 0.416 e. The van der Waals surface area contributed by atoms with Gasteiger partial charge in [-0.05, 0) is 49.6 Å². The third kappa shape index (κ3) is 4.21. The van der Waals surface area contributed by atoms with Crippen molar-refractivity contribution in [2.24, 2.45) is 0 Å². The van der Waals surface area contributed by atoms with Gasteiger partial charge in [0.05, 0.1) is 17.0 Å². The molecule has 0 aliphatic heterocycles. The van der Waals surface area contributed by atoms with Crippen LogP contribution in [0.4, 0.5) is 30.6 Å². The Labute approximate surface area is 160 Å². The molecule has 0 radical (unpaired) electrons. The molecule has 1 aliphatic rings. The van der Waals surface area contributed by atoms with Crippen molar-refractivity contribution in [2.75, 3.05) is 10.6 Å². The molecule has 4 rings (SSSR count). The number of hydrogen-bond donors (Lipinski definition) is 2. The van der Waals surface area contributed by atoms with Crippen molar-refractivity contribution >= 4 is 17.5 Å². The van der Waals surface area contributed by atoms with Crippen LogP contribution in [0.1, 0.15) is 24.0 Å². The lowest BCUT2D eigenvalue weighted by molar-refractivity contribution is -0.138. The van der Waals surface area contributed by atoms with Crippen LogP contribution in [0.3, 0.4) is 0 Å². The Balaban J connectivity index is 1.69. The van der Waals surface area contributed by atoms with E-state index in [1.807, 2.05) is 12.1 Å². The van der Waals surface area contributed by atoms with E-state index in [0.29, 0.717) is 34.9 Å². The van der Waals surface area contributed by atoms with Gasteiger partial charge in [-0.25, -0.2) is 4.98 Å². The fraction of sp³-hybridized carbons (Fsp3) is 0.250. The van der Waals surface area contributed by atoms with Gasteiger partial charge < -0.3 is 10.6 Å². The smallest absolute Gasteiger partial charge is 0.351 e. The first kappa shape index (κ1) is 18.2. The van der Waals surface area contributed by atoms with Crippen molar-refractivity contribution in [1.29, 1.82) is 0 Å². The summed E-state index contributed by atoms with van der Waals surface area (Å²) in [5, 5.41) is 6.20. The van der Waals surface area contributed by atoms with Gasteiger partial charge in [-0.3, -0.25) is 4.98 Å². The SMILES string of the molecule is Cc1ccc(Nc2cc(-c3ccccn3)nc(NC3CC3)n2)cc1C(F)(F)F. The molecule has 8 heteroatoms. The molecule has 0 amide bonds. The van der Waals surface area contributed by atoms with Crippen LogP contribution in [0.5, 0.6) is 0 Å². The average Bonchev–Trinajstić information content (AvgIpc) is 3.47. The van der Waals surface area contributed by atoms with E-state index in [4.69, 9.17) is 0 Å². The monoisotopic (exact) mass is 385 g/mol. The average molecular weight is 385 g/mol. The molecule has 5 nitrogen and oxygen atoms in total. The topological polar surface area (TPSA) is 62.7 Å². The molecular weight excluding hydrogens is 367 g/mol. The number of rotatable bonds is 5. The maximum absolute atomic E-state index is 13.2. The Hall–Kier alpha value is -3.16. The molecule has 0 bridgehead atoms. The van der Waals surface area contributed by atoms with E-state index in [1.54, 1.807) is 24.4 Å². The van der Waals surface area contributed by atoms with Crippen molar-refractivity contribution in [3.8, 4) is 11.4 Å². The molecule has 1 fully saturated rings. The van der Waals surface area contributed by atoms with Gasteiger partial charge >= 0.3 is 6.18 Å². The quantitative estimate of drug-likeness (QED) is 0.633. The number of aryl methyl sites for hydroxylation is 1. The zero-order valence-electron chi connectivity index (χ0n) is 15.1. The lowest BCUT2D eigenvalue weighted by Gasteiger charge is -2.14. The van der Waals surface area contributed by atoms with Gasteiger partial charge in [0.25, 0.3) is 0 Å². The van der Waals surface area contributed by atoms with E-state index in [0.717, 1.165) is 18.9 Å². The zero-order valence-corrected chi connectivity index (χ0v) is 15.1. The summed E-state index contributed by atoms with van der Waals surface area (Å²) in [6.07, 6.45) is -0.654. The van der Waals surface area contributed by atoms with Crippen molar-refractivity contribution in [1.82, 2.24) is 15.0 Å². The van der Waals surface area contributed by atoms with Gasteiger partial charge in [-0.2, -0.15) is 18.2 Å². The first-order chi connectivity index (χ1) is 13.4. The van der Waals surface area contributed by atoms with Gasteiger partial charge in [0, 0.05) is 24.0 Å². The maximum atomic E-state index is 13.2. The standard InChI is InChI=1S/C20H18F3N5/c1-12-5-6-14(10-15(12)20(21,22)23)25-18-11-17(16-4-2-3-9-24-16)27-19(28-18)26-13-7-8-13/h2-6,9-11,13H,7-8H2,1H3,(H2,25,26,27,28). The predicted octanol–water partition coefficient (Wildman–Crippen LogP) is 5.18. The van der Waals surface area contributed by atoms with Gasteiger partial charge in [-0.1, -0.05) is 12.1 Å². The summed E-state index contributed by atoms with van der Waals surface area (Å²) < 4.78 is 39.6. The minimum Gasteiger partial charge on any atom is -0.351 e. The Morgan fingerprint density at radius 3 is 2.50 bits per heavy atom. The van der Waals surface area contributed by atoms with E-state index >= 15 is 0 Å². The van der Waals surface area contributed by atoms with Crippen LogP contribution >= 0.6 is 0 Å². The number of halogens is 3. The third-order valence-corrected chi connectivity index (χ3v) is 4.38. The van der Waals surface area contributed by atoms with Crippen molar-refractivity contribution in [2.45, 2.75) is 32.0 Å². The second kappa shape index (κ2) is 7.10. The lowest BCUT2D eigenvalue weighted by atomic mass is 10.1. The fourth-order valence-electron chi connectivity index (χ4n) is 2.78. The number of pyridine rings is 1. The van der Waals surface area contributed by atoms with Crippen LogP contribution in [-0.2, 0) is 6.18 Å². The van der Waals surface area contributed by atoms with E-state index in [1.165, 1.54) is 13.0 Å². The highest BCUT2D eigenvalue weighted by molar-refractivity contribution is 5.66. The zero-order chi connectivity index (χ0) is 19.7. The normalized spacial score (nSPS) is 14.0. The Bertz CT molecular complexity index is 985. The number of nitrogens with zero attached hydrogens (tertiary/aromatic N) is 3. The number of anilines is 3. The molecule has 2 N–H and O–H groups in total. The molecule has 2 aromatic heterocycles. The fourth-order valence-corrected chi connectivity index (χ4v) is 2.78. The first-order valence-electron chi connectivity index (χ1n) is 8.90. The molecular formula is C20H18F3N5. The Morgan fingerprint density at radius 2 is 1.82 bits per heavy atom. The summed E-state index contributed by atoms with van der Waals surface area (Å²) in [5.74, 6) is 0.826. The van der Waals surface area contributed by atoms with Crippen molar-refractivity contribution in [3.63, 3.8) is 0 Å². The van der Waals surface area contributed by atoms with E-state index in [-0.39, 0.29) is 5.56 Å². The predicted molar refractivity (Wildman–Crippen MR) is 101 cm³/mol. The molecule has 1 aliphatic carbocycles. The minimum atomic E-state index is -4.41. The van der Waals surface area contributed by atoms with Crippen LogP contribution < -0.4 is 10.6 Å². The van der Waals surface area contributed by atoms with E-state index in [2.05, 4.69) is 25.6 Å². The van der Waals surface area contributed by atoms with Crippen LogP contribution in [0.15, 0.2) is 48.7 Å². The molecule has 1 saturated carbocycles. The summed E-state index contributed by atoms with van der Waals surface area (Å²) in [7, 11) is 0. The van der Waals surface area contributed by atoms with Crippen molar-refractivity contribution in [3.05, 3.63) is 59.8 Å². The van der Waals surface area contributed by atoms with Gasteiger partial charge in [0.15, 0.2) is 0 Å². The number of aromatic nitrogens is 3. The van der Waals surface area contributed by atoms with E-state index < -0.39 is 11.7 Å². The minimum absolute atomic E-state index is 0.172. The molecule has 0 unspecified atom stereocenters. The van der Waals surface area contributed by atoms with Gasteiger partial charge in [-0.15, -0.1) is 0 Å². The van der Waals surface area contributed by atoms with Crippen LogP contribution in [-0.4, -0.2) is 21.0 Å². The molecule has 2 heterocycles. The van der Waals surface area contributed by atoms with Crippen LogP contribution in [0.2, 0.25) is 0 Å². The van der Waals surface area contributed by atoms with E-state index in [9.17, 15) is 13.2 Å². The van der Waals surface area contributed by atoms with Crippen LogP contribution in [0.25, 0.3) is 11.4 Å². The summed E-state index contributed by atoms with van der Waals surface area (Å²) in [6.45, 7) is 1.44. The number of hydrogen-bond acceptors (Lipinski definition) is 5. The number of benzene rings is 1. The summed E-state index contributed by atoms with van der Waals surface area (Å²) in [6, 6.07) is 11.6. The first-order valence-corrected chi connectivity index (χ1v) is 8.90. The van der Waals surface area contributed by atoms with Crippen LogP contribution in [0, 0.1) is 6.92 Å². The molecule has 0 atom stereocenters. The van der Waals surface area contributed by atoms with Gasteiger partial charge in [0.1, 0.15) is 5.82 Å².